The topological polar surface area (TPSA) is 9.23 Å². The largest absolute Gasteiger partial charge is 0.497 e. The molecule has 0 spiro atoms. The fourth-order valence-corrected chi connectivity index (χ4v) is 5.24. The summed E-state index contributed by atoms with van der Waals surface area (Å²) in [5.41, 5.74) is 2.08. The zero-order valence-electron chi connectivity index (χ0n) is 13.5. The molecule has 0 aliphatic heterocycles. The number of benzene rings is 1. The fraction of sp³-hybridized carbons (Fsp3) is 0.0476. The quantitative estimate of drug-likeness (QED) is 0.364. The number of methoxy groups -OCH3 is 1. The second-order valence-electron chi connectivity index (χ2n) is 5.29. The van der Waals surface area contributed by atoms with Crippen LogP contribution in [0.1, 0.15) is 11.1 Å². The lowest BCUT2D eigenvalue weighted by atomic mass is 10.1. The van der Waals surface area contributed by atoms with E-state index >= 15 is 0 Å². The minimum Gasteiger partial charge on any atom is -0.497 e. The van der Waals surface area contributed by atoms with Gasteiger partial charge in [-0.15, -0.1) is 34.0 Å². The van der Waals surface area contributed by atoms with E-state index in [1.165, 1.54) is 19.5 Å². The Kier molecular flexibility index (Phi) is 4.71. The van der Waals surface area contributed by atoms with Gasteiger partial charge in [-0.1, -0.05) is 24.0 Å². The maximum atomic E-state index is 5.20. The van der Waals surface area contributed by atoms with Crippen LogP contribution in [-0.4, -0.2) is 7.11 Å². The van der Waals surface area contributed by atoms with Crippen LogP contribution < -0.4 is 4.74 Å². The minimum absolute atomic E-state index is 0.848. The van der Waals surface area contributed by atoms with E-state index in [0.29, 0.717) is 0 Å². The van der Waals surface area contributed by atoms with E-state index in [-0.39, 0.29) is 0 Å². The zero-order valence-corrected chi connectivity index (χ0v) is 15.9. The summed E-state index contributed by atoms with van der Waals surface area (Å²) in [7, 11) is 1.67. The first-order valence-corrected chi connectivity index (χ1v) is 10.3. The molecular weight excluding hydrogens is 364 g/mol. The number of hydrogen-bond acceptors (Lipinski definition) is 4. The van der Waals surface area contributed by atoms with Crippen molar-refractivity contribution in [3.63, 3.8) is 0 Å². The van der Waals surface area contributed by atoms with Gasteiger partial charge in [0.15, 0.2) is 0 Å². The molecule has 0 saturated carbocycles. The molecule has 3 aromatic heterocycles. The molecule has 0 aliphatic rings. The number of thiophene rings is 3. The van der Waals surface area contributed by atoms with Crippen molar-refractivity contribution in [1.82, 2.24) is 0 Å². The van der Waals surface area contributed by atoms with Gasteiger partial charge in [0.2, 0.25) is 0 Å². The lowest BCUT2D eigenvalue weighted by molar-refractivity contribution is 0.415. The van der Waals surface area contributed by atoms with Gasteiger partial charge in [0.05, 0.1) is 12.0 Å². The molecule has 0 fully saturated rings. The lowest BCUT2D eigenvalue weighted by Gasteiger charge is -1.97. The van der Waals surface area contributed by atoms with Crippen LogP contribution in [0.5, 0.6) is 5.75 Å². The standard InChI is InChI=1S/C21H14OS3/c1-22-17-10-7-15(8-11-17)6-9-16-14-20(18-4-2-12-23-18)25-21(16)19-5-3-13-24-19/h2-5,7-8,10-14H,1H3. The molecule has 3 heterocycles. The highest BCUT2D eigenvalue weighted by Crippen LogP contribution is 2.41. The minimum atomic E-state index is 0.848. The molecule has 0 N–H and O–H groups in total. The van der Waals surface area contributed by atoms with Crippen LogP contribution in [0.3, 0.4) is 0 Å². The number of hydrogen-bond donors (Lipinski definition) is 0. The highest BCUT2D eigenvalue weighted by molar-refractivity contribution is 7.26. The van der Waals surface area contributed by atoms with Gasteiger partial charge in [-0.25, -0.2) is 0 Å². The summed E-state index contributed by atoms with van der Waals surface area (Å²) in [5, 5.41) is 4.23. The first-order valence-electron chi connectivity index (χ1n) is 7.71. The lowest BCUT2D eigenvalue weighted by Crippen LogP contribution is -1.82. The third-order valence-electron chi connectivity index (χ3n) is 3.67. The smallest absolute Gasteiger partial charge is 0.118 e. The maximum Gasteiger partial charge on any atom is 0.118 e. The second-order valence-corrected chi connectivity index (χ2v) is 8.23. The maximum absolute atomic E-state index is 5.20. The Bertz CT molecular complexity index is 1010. The van der Waals surface area contributed by atoms with Crippen molar-refractivity contribution in [3.05, 3.63) is 76.5 Å². The summed E-state index contributed by atoms with van der Waals surface area (Å²) < 4.78 is 5.20. The predicted molar refractivity (Wildman–Crippen MR) is 110 cm³/mol. The van der Waals surface area contributed by atoms with Gasteiger partial charge < -0.3 is 4.74 Å². The second kappa shape index (κ2) is 7.28. The molecule has 0 radical (unpaired) electrons. The zero-order chi connectivity index (χ0) is 17.1. The van der Waals surface area contributed by atoms with Gasteiger partial charge in [-0.2, -0.15) is 0 Å². The van der Waals surface area contributed by atoms with Crippen molar-refractivity contribution in [3.8, 4) is 37.1 Å². The van der Waals surface area contributed by atoms with Gasteiger partial charge in [-0.05, 0) is 53.2 Å². The molecule has 0 saturated heterocycles. The van der Waals surface area contributed by atoms with E-state index < -0.39 is 0 Å². The molecule has 122 valence electrons. The van der Waals surface area contributed by atoms with Crippen LogP contribution in [0, 0.1) is 11.8 Å². The fourth-order valence-electron chi connectivity index (χ4n) is 2.43. The monoisotopic (exact) mass is 378 g/mol. The SMILES string of the molecule is COc1ccc(C#Cc2cc(-c3cccs3)sc2-c2cccs2)cc1. The van der Waals surface area contributed by atoms with Crippen molar-refractivity contribution in [2.45, 2.75) is 0 Å². The Morgan fingerprint density at radius 2 is 1.52 bits per heavy atom. The van der Waals surface area contributed by atoms with E-state index in [1.807, 2.05) is 35.6 Å². The van der Waals surface area contributed by atoms with Crippen molar-refractivity contribution in [2.24, 2.45) is 0 Å². The first-order chi connectivity index (χ1) is 12.3. The molecule has 4 heteroatoms. The van der Waals surface area contributed by atoms with E-state index in [1.54, 1.807) is 29.8 Å². The van der Waals surface area contributed by atoms with E-state index in [9.17, 15) is 0 Å². The third-order valence-corrected chi connectivity index (χ3v) is 6.92. The Hall–Kier alpha value is -2.32. The Morgan fingerprint density at radius 3 is 2.16 bits per heavy atom. The summed E-state index contributed by atoms with van der Waals surface area (Å²) >= 11 is 5.34. The van der Waals surface area contributed by atoms with Crippen LogP contribution in [0.4, 0.5) is 0 Å². The van der Waals surface area contributed by atoms with Gasteiger partial charge in [0, 0.05) is 25.8 Å². The third kappa shape index (κ3) is 3.54. The molecule has 4 rings (SSSR count). The van der Waals surface area contributed by atoms with Crippen LogP contribution in [0.2, 0.25) is 0 Å². The van der Waals surface area contributed by atoms with E-state index in [2.05, 4.69) is 52.9 Å². The average Bonchev–Trinajstić information content (AvgIpc) is 3.41. The van der Waals surface area contributed by atoms with Gasteiger partial charge >= 0.3 is 0 Å². The summed E-state index contributed by atoms with van der Waals surface area (Å²) in [6.45, 7) is 0. The van der Waals surface area contributed by atoms with E-state index in [4.69, 9.17) is 4.74 Å². The van der Waals surface area contributed by atoms with Crippen LogP contribution in [-0.2, 0) is 0 Å². The molecule has 0 aliphatic carbocycles. The predicted octanol–water partition coefficient (Wildman–Crippen LogP) is 6.61. The molecule has 1 nitrogen and oxygen atoms in total. The first kappa shape index (κ1) is 16.2. The normalized spacial score (nSPS) is 10.3. The molecule has 1 aromatic carbocycles. The van der Waals surface area contributed by atoms with Gasteiger partial charge in [0.25, 0.3) is 0 Å². The summed E-state index contributed by atoms with van der Waals surface area (Å²) in [4.78, 5) is 5.09. The Labute approximate surface area is 159 Å². The molecule has 4 aromatic rings. The van der Waals surface area contributed by atoms with Gasteiger partial charge in [-0.3, -0.25) is 0 Å². The Balaban J connectivity index is 1.74. The molecule has 0 unspecified atom stereocenters. The van der Waals surface area contributed by atoms with Gasteiger partial charge in [0.1, 0.15) is 5.75 Å². The summed E-state index contributed by atoms with van der Waals surface area (Å²) in [6.07, 6.45) is 0. The Morgan fingerprint density at radius 1 is 0.800 bits per heavy atom. The summed E-state index contributed by atoms with van der Waals surface area (Å²) in [6, 6.07) is 18.6. The summed E-state index contributed by atoms with van der Waals surface area (Å²) in [5.74, 6) is 7.50. The number of ether oxygens (including phenoxy) is 1. The van der Waals surface area contributed by atoms with E-state index in [0.717, 1.165) is 16.9 Å². The van der Waals surface area contributed by atoms with Crippen LogP contribution >= 0.6 is 34.0 Å². The molecule has 0 bridgehead atoms. The van der Waals surface area contributed by atoms with Crippen LogP contribution in [0.25, 0.3) is 19.5 Å². The molecule has 25 heavy (non-hydrogen) atoms. The highest BCUT2D eigenvalue weighted by atomic mass is 32.1. The molecular formula is C21H14OS3. The molecule has 0 atom stereocenters. The van der Waals surface area contributed by atoms with Crippen molar-refractivity contribution < 1.29 is 4.74 Å². The highest BCUT2D eigenvalue weighted by Gasteiger charge is 2.12. The average molecular weight is 379 g/mol. The number of rotatable bonds is 3. The molecule has 0 amide bonds. The van der Waals surface area contributed by atoms with Crippen molar-refractivity contribution >= 4 is 34.0 Å². The van der Waals surface area contributed by atoms with Crippen LogP contribution in [0.15, 0.2) is 65.4 Å². The van der Waals surface area contributed by atoms with Crippen molar-refractivity contribution in [2.75, 3.05) is 7.11 Å². The van der Waals surface area contributed by atoms with Crippen molar-refractivity contribution in [1.29, 1.82) is 0 Å².